The summed E-state index contributed by atoms with van der Waals surface area (Å²) < 4.78 is 0. The van der Waals surface area contributed by atoms with Gasteiger partial charge in [-0.1, -0.05) is 6.92 Å². The van der Waals surface area contributed by atoms with Crippen LogP contribution in [0.1, 0.15) is 39.0 Å². The molecule has 2 rings (SSSR count). The number of hydrogen-bond donors (Lipinski definition) is 2. The van der Waals surface area contributed by atoms with E-state index in [0.29, 0.717) is 12.5 Å². The van der Waals surface area contributed by atoms with Crippen LogP contribution in [0.3, 0.4) is 0 Å². The molecule has 0 radical (unpaired) electrons. The number of rotatable bonds is 3. The number of nitrogens with one attached hydrogen (secondary N) is 1. The van der Waals surface area contributed by atoms with E-state index in [0.717, 1.165) is 24.4 Å². The highest BCUT2D eigenvalue weighted by atomic mass is 16.3. The Morgan fingerprint density at radius 3 is 2.21 bits per heavy atom. The summed E-state index contributed by atoms with van der Waals surface area (Å²) in [5, 5.41) is 12.8. The molecule has 0 aromatic heterocycles. The monoisotopic (exact) mass is 197 g/mol. The average molecular weight is 197 g/mol. The summed E-state index contributed by atoms with van der Waals surface area (Å²) in [5.74, 6) is 2.40. The van der Waals surface area contributed by atoms with Gasteiger partial charge in [-0.3, -0.25) is 0 Å². The predicted molar refractivity (Wildman–Crippen MR) is 58.1 cm³/mol. The van der Waals surface area contributed by atoms with E-state index in [1.807, 2.05) is 0 Å². The molecule has 2 aliphatic rings. The van der Waals surface area contributed by atoms with Crippen LogP contribution in [0.4, 0.5) is 0 Å². The van der Waals surface area contributed by atoms with Crippen LogP contribution >= 0.6 is 0 Å². The second-order valence-corrected chi connectivity index (χ2v) is 5.21. The minimum atomic E-state index is 0.416. The Morgan fingerprint density at radius 1 is 1.07 bits per heavy atom. The van der Waals surface area contributed by atoms with Crippen molar-refractivity contribution in [3.05, 3.63) is 0 Å². The first-order valence-corrected chi connectivity index (χ1v) is 6.16. The van der Waals surface area contributed by atoms with Crippen molar-refractivity contribution in [2.24, 2.45) is 17.8 Å². The SMILES string of the molecule is CCNC1CC2CC(CO)CC(C2)C1. The molecule has 2 heteroatoms. The molecule has 2 bridgehead atoms. The van der Waals surface area contributed by atoms with Gasteiger partial charge in [0.25, 0.3) is 0 Å². The average Bonchev–Trinajstić information content (AvgIpc) is 2.16. The Balaban J connectivity index is 1.88. The molecule has 82 valence electrons. The summed E-state index contributed by atoms with van der Waals surface area (Å²) in [7, 11) is 0. The molecule has 0 spiro atoms. The van der Waals surface area contributed by atoms with E-state index in [1.54, 1.807) is 0 Å². The van der Waals surface area contributed by atoms with E-state index in [1.165, 1.54) is 32.1 Å². The largest absolute Gasteiger partial charge is 0.396 e. The van der Waals surface area contributed by atoms with Crippen LogP contribution in [-0.2, 0) is 0 Å². The van der Waals surface area contributed by atoms with Crippen LogP contribution < -0.4 is 5.32 Å². The van der Waals surface area contributed by atoms with E-state index >= 15 is 0 Å². The van der Waals surface area contributed by atoms with Gasteiger partial charge in [0.05, 0.1) is 0 Å². The Hall–Kier alpha value is -0.0800. The molecule has 2 nitrogen and oxygen atoms in total. The summed E-state index contributed by atoms with van der Waals surface area (Å²) in [5.41, 5.74) is 0. The fraction of sp³-hybridized carbons (Fsp3) is 1.00. The topological polar surface area (TPSA) is 32.3 Å². The van der Waals surface area contributed by atoms with Crippen molar-refractivity contribution in [2.75, 3.05) is 13.2 Å². The molecule has 0 aromatic rings. The predicted octanol–water partition coefficient (Wildman–Crippen LogP) is 1.78. The minimum absolute atomic E-state index is 0.416. The van der Waals surface area contributed by atoms with Gasteiger partial charge in [0, 0.05) is 12.6 Å². The number of aliphatic hydroxyl groups is 1. The minimum Gasteiger partial charge on any atom is -0.396 e. The lowest BCUT2D eigenvalue weighted by Crippen LogP contribution is -2.41. The van der Waals surface area contributed by atoms with Crippen LogP contribution in [-0.4, -0.2) is 24.3 Å². The molecular formula is C12H23NO. The van der Waals surface area contributed by atoms with Gasteiger partial charge in [-0.2, -0.15) is 0 Å². The zero-order valence-corrected chi connectivity index (χ0v) is 9.21. The third-order valence-electron chi connectivity index (χ3n) is 3.99. The molecule has 2 saturated carbocycles. The summed E-state index contributed by atoms with van der Waals surface area (Å²) in [6, 6.07) is 0.767. The fourth-order valence-corrected chi connectivity index (χ4v) is 3.59. The molecule has 0 saturated heterocycles. The van der Waals surface area contributed by atoms with Crippen molar-refractivity contribution in [1.29, 1.82) is 0 Å². The van der Waals surface area contributed by atoms with Crippen molar-refractivity contribution in [2.45, 2.75) is 45.1 Å². The highest BCUT2D eigenvalue weighted by Gasteiger charge is 2.35. The number of fused-ring (bicyclic) bond motifs is 2. The van der Waals surface area contributed by atoms with E-state index in [9.17, 15) is 5.11 Å². The molecule has 2 fully saturated rings. The van der Waals surface area contributed by atoms with Crippen LogP contribution in [0.5, 0.6) is 0 Å². The van der Waals surface area contributed by atoms with Crippen LogP contribution in [0.2, 0.25) is 0 Å². The zero-order valence-electron chi connectivity index (χ0n) is 9.21. The zero-order chi connectivity index (χ0) is 9.97. The van der Waals surface area contributed by atoms with Crippen LogP contribution in [0.15, 0.2) is 0 Å². The normalized spacial score (nSPS) is 42.4. The van der Waals surface area contributed by atoms with Crippen molar-refractivity contribution in [3.8, 4) is 0 Å². The highest BCUT2D eigenvalue weighted by molar-refractivity contribution is 4.89. The van der Waals surface area contributed by atoms with Crippen molar-refractivity contribution in [1.82, 2.24) is 5.32 Å². The lowest BCUT2D eigenvalue weighted by molar-refractivity contribution is 0.0773. The second-order valence-electron chi connectivity index (χ2n) is 5.21. The van der Waals surface area contributed by atoms with Gasteiger partial charge in [0.1, 0.15) is 0 Å². The van der Waals surface area contributed by atoms with Crippen LogP contribution in [0.25, 0.3) is 0 Å². The van der Waals surface area contributed by atoms with E-state index < -0.39 is 0 Å². The van der Waals surface area contributed by atoms with E-state index in [-0.39, 0.29) is 0 Å². The molecule has 14 heavy (non-hydrogen) atoms. The smallest absolute Gasteiger partial charge is 0.0459 e. The van der Waals surface area contributed by atoms with Crippen molar-refractivity contribution < 1.29 is 5.11 Å². The fourth-order valence-electron chi connectivity index (χ4n) is 3.59. The van der Waals surface area contributed by atoms with Gasteiger partial charge in [-0.05, 0) is 56.4 Å². The summed E-state index contributed by atoms with van der Waals surface area (Å²) in [4.78, 5) is 0. The molecule has 0 aromatic carbocycles. The Morgan fingerprint density at radius 2 is 1.71 bits per heavy atom. The quantitative estimate of drug-likeness (QED) is 0.723. The van der Waals surface area contributed by atoms with Gasteiger partial charge in [-0.15, -0.1) is 0 Å². The third-order valence-corrected chi connectivity index (χ3v) is 3.99. The van der Waals surface area contributed by atoms with Gasteiger partial charge < -0.3 is 10.4 Å². The lowest BCUT2D eigenvalue weighted by atomic mass is 9.66. The van der Waals surface area contributed by atoms with Crippen LogP contribution in [0, 0.1) is 17.8 Å². The van der Waals surface area contributed by atoms with Crippen molar-refractivity contribution >= 4 is 0 Å². The first-order chi connectivity index (χ1) is 6.81. The first kappa shape index (κ1) is 10.4. The summed E-state index contributed by atoms with van der Waals surface area (Å²) in [6.45, 7) is 3.72. The molecule has 2 N–H and O–H groups in total. The Labute approximate surface area is 87.1 Å². The summed E-state index contributed by atoms with van der Waals surface area (Å²) >= 11 is 0. The maximum absolute atomic E-state index is 9.20. The second kappa shape index (κ2) is 4.63. The molecular weight excluding hydrogens is 174 g/mol. The van der Waals surface area contributed by atoms with Gasteiger partial charge >= 0.3 is 0 Å². The standard InChI is InChI=1S/C12H23NO/c1-2-13-12-6-9-3-10(7-12)5-11(4-9)8-14/h9-14H,2-8H2,1H3. The first-order valence-electron chi connectivity index (χ1n) is 6.16. The molecule has 2 atom stereocenters. The highest BCUT2D eigenvalue weighted by Crippen LogP contribution is 2.42. The Bertz CT molecular complexity index is 169. The number of hydrogen-bond acceptors (Lipinski definition) is 2. The van der Waals surface area contributed by atoms with Gasteiger partial charge in [-0.25, -0.2) is 0 Å². The van der Waals surface area contributed by atoms with Gasteiger partial charge in [0.15, 0.2) is 0 Å². The van der Waals surface area contributed by atoms with Crippen molar-refractivity contribution in [3.63, 3.8) is 0 Å². The maximum atomic E-state index is 9.20. The molecule has 2 unspecified atom stereocenters. The Kier molecular flexibility index (Phi) is 3.45. The van der Waals surface area contributed by atoms with E-state index in [2.05, 4.69) is 12.2 Å². The molecule has 0 amide bonds. The maximum Gasteiger partial charge on any atom is 0.0459 e. The molecule has 0 aliphatic heterocycles. The summed E-state index contributed by atoms with van der Waals surface area (Å²) in [6.07, 6.45) is 6.67. The third kappa shape index (κ3) is 2.29. The molecule has 0 heterocycles. The molecule has 2 aliphatic carbocycles. The van der Waals surface area contributed by atoms with E-state index in [4.69, 9.17) is 0 Å². The van der Waals surface area contributed by atoms with Gasteiger partial charge in [0.2, 0.25) is 0 Å². The number of aliphatic hydroxyl groups excluding tert-OH is 1. The lowest BCUT2D eigenvalue weighted by Gasteiger charge is -2.42.